The van der Waals surface area contributed by atoms with Crippen molar-refractivity contribution in [3.8, 4) is 5.75 Å². The van der Waals surface area contributed by atoms with E-state index in [4.69, 9.17) is 18.9 Å². The third kappa shape index (κ3) is 7.44. The number of benzene rings is 1. The highest BCUT2D eigenvalue weighted by Crippen LogP contribution is 2.21. The third-order valence-electron chi connectivity index (χ3n) is 6.11. The Balaban J connectivity index is 0.00000289. The normalized spacial score (nSPS) is 24.8. The Bertz CT molecular complexity index is 711. The molecule has 2 atom stereocenters. The molecule has 0 saturated carbocycles. The number of aliphatic imine (C=N–C) groups is 1. The number of hydrogen-bond acceptors (Lipinski definition) is 6. The molecule has 1 aromatic carbocycles. The van der Waals surface area contributed by atoms with E-state index in [9.17, 15) is 0 Å². The summed E-state index contributed by atoms with van der Waals surface area (Å²) in [5, 5.41) is 3.50. The second-order valence-corrected chi connectivity index (χ2v) is 8.26. The van der Waals surface area contributed by atoms with Gasteiger partial charge in [0.05, 0.1) is 25.9 Å². The number of hydrogen-bond donors (Lipinski definition) is 1. The van der Waals surface area contributed by atoms with Crippen LogP contribution in [0, 0.1) is 0 Å². The molecule has 0 spiro atoms. The summed E-state index contributed by atoms with van der Waals surface area (Å²) in [6, 6.07) is 8.29. The van der Waals surface area contributed by atoms with Crippen molar-refractivity contribution in [2.75, 3.05) is 72.8 Å². The van der Waals surface area contributed by atoms with Crippen molar-refractivity contribution in [1.29, 1.82) is 0 Å². The first-order valence-corrected chi connectivity index (χ1v) is 11.5. The molecule has 0 radical (unpaired) electrons. The van der Waals surface area contributed by atoms with Crippen molar-refractivity contribution in [1.82, 2.24) is 15.1 Å². The number of nitrogens with one attached hydrogen (secondary N) is 1. The van der Waals surface area contributed by atoms with E-state index < -0.39 is 0 Å². The number of morpholine rings is 2. The predicted octanol–water partition coefficient (Wildman–Crippen LogP) is 1.97. The molecular weight excluding hydrogens is 523 g/mol. The molecule has 4 rings (SSSR count). The van der Waals surface area contributed by atoms with Gasteiger partial charge in [-0.2, -0.15) is 0 Å². The van der Waals surface area contributed by atoms with Gasteiger partial charge in [-0.25, -0.2) is 0 Å². The van der Waals surface area contributed by atoms with Crippen LogP contribution in [0.4, 0.5) is 0 Å². The second kappa shape index (κ2) is 13.5. The molecule has 2 unspecified atom stereocenters. The first kappa shape index (κ1) is 25.5. The molecule has 1 N–H and O–H groups in total. The fourth-order valence-corrected chi connectivity index (χ4v) is 4.36. The van der Waals surface area contributed by atoms with E-state index in [1.54, 1.807) is 0 Å². The summed E-state index contributed by atoms with van der Waals surface area (Å²) in [6.45, 7) is 9.15. The van der Waals surface area contributed by atoms with E-state index in [0.29, 0.717) is 19.8 Å². The van der Waals surface area contributed by atoms with Crippen molar-refractivity contribution in [2.45, 2.75) is 31.6 Å². The molecule has 3 heterocycles. The van der Waals surface area contributed by atoms with Gasteiger partial charge < -0.3 is 29.2 Å². The molecular formula is C23H37IN4O4. The number of ether oxygens (including phenoxy) is 4. The first-order chi connectivity index (χ1) is 15.3. The molecule has 32 heavy (non-hydrogen) atoms. The Morgan fingerprint density at radius 3 is 2.75 bits per heavy atom. The van der Waals surface area contributed by atoms with Crippen LogP contribution < -0.4 is 10.1 Å². The Hall–Kier alpha value is -1.14. The lowest BCUT2D eigenvalue weighted by Gasteiger charge is -2.37. The van der Waals surface area contributed by atoms with Gasteiger partial charge in [0, 0.05) is 52.9 Å². The molecule has 3 aliphatic rings. The van der Waals surface area contributed by atoms with Crippen molar-refractivity contribution in [2.24, 2.45) is 4.99 Å². The number of guanidine groups is 1. The molecule has 1 aromatic rings. The quantitative estimate of drug-likeness (QED) is 0.311. The molecule has 180 valence electrons. The van der Waals surface area contributed by atoms with Gasteiger partial charge in [-0.1, -0.05) is 12.1 Å². The summed E-state index contributed by atoms with van der Waals surface area (Å²) < 4.78 is 23.2. The Morgan fingerprint density at radius 1 is 1.12 bits per heavy atom. The van der Waals surface area contributed by atoms with Gasteiger partial charge >= 0.3 is 0 Å². The van der Waals surface area contributed by atoms with Gasteiger partial charge in [0.1, 0.15) is 18.5 Å². The number of halogens is 1. The average molecular weight is 560 g/mol. The van der Waals surface area contributed by atoms with Crippen LogP contribution in [-0.2, 0) is 20.8 Å². The topological polar surface area (TPSA) is 67.8 Å². The highest BCUT2D eigenvalue weighted by molar-refractivity contribution is 14.0. The average Bonchev–Trinajstić information content (AvgIpc) is 3.36. The maximum atomic E-state index is 5.99. The Kier molecular flexibility index (Phi) is 10.8. The number of nitrogens with zero attached hydrogens (tertiary/aromatic N) is 3. The molecule has 8 nitrogen and oxygen atoms in total. The van der Waals surface area contributed by atoms with Crippen LogP contribution in [0.25, 0.3) is 0 Å². The summed E-state index contributed by atoms with van der Waals surface area (Å²) in [5.74, 6) is 1.82. The summed E-state index contributed by atoms with van der Waals surface area (Å²) in [6.07, 6.45) is 2.55. The van der Waals surface area contributed by atoms with E-state index in [2.05, 4.69) is 32.2 Å². The zero-order chi connectivity index (χ0) is 21.3. The lowest BCUT2D eigenvalue weighted by molar-refractivity contribution is -0.0817. The SMILES string of the molecule is CN=C(NCc1cccc(OCCN2CCOCC2)c1)N1CCOC(C2CCCO2)C1.I. The molecule has 0 aromatic heterocycles. The van der Waals surface area contributed by atoms with Crippen molar-refractivity contribution in [3.05, 3.63) is 29.8 Å². The van der Waals surface area contributed by atoms with Gasteiger partial charge in [0.25, 0.3) is 0 Å². The molecule has 0 amide bonds. The monoisotopic (exact) mass is 560 g/mol. The fourth-order valence-electron chi connectivity index (χ4n) is 4.36. The third-order valence-corrected chi connectivity index (χ3v) is 6.11. The van der Waals surface area contributed by atoms with Crippen LogP contribution in [-0.4, -0.2) is 101 Å². The van der Waals surface area contributed by atoms with Gasteiger partial charge in [-0.3, -0.25) is 9.89 Å². The van der Waals surface area contributed by atoms with Crippen LogP contribution in [0.3, 0.4) is 0 Å². The lowest BCUT2D eigenvalue weighted by atomic mass is 10.1. The van der Waals surface area contributed by atoms with Crippen LogP contribution >= 0.6 is 24.0 Å². The summed E-state index contributed by atoms with van der Waals surface area (Å²) in [7, 11) is 1.84. The summed E-state index contributed by atoms with van der Waals surface area (Å²) in [4.78, 5) is 9.16. The smallest absolute Gasteiger partial charge is 0.194 e. The molecule has 3 saturated heterocycles. The summed E-state index contributed by atoms with van der Waals surface area (Å²) >= 11 is 0. The molecule has 3 fully saturated rings. The minimum atomic E-state index is 0. The van der Waals surface area contributed by atoms with E-state index >= 15 is 0 Å². The molecule has 0 bridgehead atoms. The molecule has 3 aliphatic heterocycles. The van der Waals surface area contributed by atoms with Crippen molar-refractivity contribution in [3.63, 3.8) is 0 Å². The maximum absolute atomic E-state index is 5.99. The standard InChI is InChI=1S/C23H36N4O4.HI/c1-24-23(27-10-15-31-22(18-27)21-6-3-11-30-21)25-17-19-4-2-5-20(16-19)29-14-9-26-7-12-28-13-8-26;/h2,4-5,16,21-22H,3,6-15,17-18H2,1H3,(H,24,25);1H. The first-order valence-electron chi connectivity index (χ1n) is 11.5. The minimum absolute atomic E-state index is 0. The second-order valence-electron chi connectivity index (χ2n) is 8.26. The largest absolute Gasteiger partial charge is 0.492 e. The summed E-state index contributed by atoms with van der Waals surface area (Å²) in [5.41, 5.74) is 1.17. The maximum Gasteiger partial charge on any atom is 0.194 e. The predicted molar refractivity (Wildman–Crippen MR) is 135 cm³/mol. The van der Waals surface area contributed by atoms with E-state index in [1.807, 2.05) is 19.2 Å². The molecule has 9 heteroatoms. The molecule has 0 aliphatic carbocycles. The van der Waals surface area contributed by atoms with Crippen molar-refractivity contribution < 1.29 is 18.9 Å². The van der Waals surface area contributed by atoms with Gasteiger partial charge in [0.2, 0.25) is 0 Å². The van der Waals surface area contributed by atoms with Crippen molar-refractivity contribution >= 4 is 29.9 Å². The number of rotatable bonds is 7. The van der Waals surface area contributed by atoms with Crippen LogP contribution in [0.15, 0.2) is 29.3 Å². The Labute approximate surface area is 208 Å². The van der Waals surface area contributed by atoms with E-state index in [-0.39, 0.29) is 36.2 Å². The minimum Gasteiger partial charge on any atom is -0.492 e. The highest BCUT2D eigenvalue weighted by Gasteiger charge is 2.32. The van der Waals surface area contributed by atoms with Crippen LogP contribution in [0.2, 0.25) is 0 Å². The zero-order valence-corrected chi connectivity index (χ0v) is 21.4. The Morgan fingerprint density at radius 2 is 1.97 bits per heavy atom. The fraction of sp³-hybridized carbons (Fsp3) is 0.696. The van der Waals surface area contributed by atoms with E-state index in [0.717, 1.165) is 77.1 Å². The van der Waals surface area contributed by atoms with Crippen LogP contribution in [0.1, 0.15) is 18.4 Å². The van der Waals surface area contributed by atoms with E-state index in [1.165, 1.54) is 5.56 Å². The van der Waals surface area contributed by atoms with Gasteiger partial charge in [0.15, 0.2) is 5.96 Å². The van der Waals surface area contributed by atoms with Gasteiger partial charge in [-0.15, -0.1) is 24.0 Å². The van der Waals surface area contributed by atoms with Crippen LogP contribution in [0.5, 0.6) is 5.75 Å². The van der Waals surface area contributed by atoms with Gasteiger partial charge in [-0.05, 0) is 30.5 Å². The lowest BCUT2D eigenvalue weighted by Crippen LogP contribution is -2.53. The zero-order valence-electron chi connectivity index (χ0n) is 19.0. The highest BCUT2D eigenvalue weighted by atomic mass is 127.